The Hall–Kier alpha value is -3.61. The van der Waals surface area contributed by atoms with Crippen molar-refractivity contribution in [3.05, 3.63) is 65.9 Å². The van der Waals surface area contributed by atoms with E-state index in [2.05, 4.69) is 10.3 Å². The second kappa shape index (κ2) is 8.15. The van der Waals surface area contributed by atoms with E-state index in [9.17, 15) is 14.7 Å². The Bertz CT molecular complexity index is 1180. The minimum Gasteiger partial charge on any atom is -0.479 e. The Labute approximate surface area is 186 Å². The van der Waals surface area contributed by atoms with E-state index in [1.165, 1.54) is 0 Å². The largest absolute Gasteiger partial charge is 0.479 e. The molecule has 1 amide bonds. The van der Waals surface area contributed by atoms with E-state index < -0.39 is 23.2 Å². The molecule has 1 aliphatic carbocycles. The van der Waals surface area contributed by atoms with Crippen LogP contribution in [-0.2, 0) is 22.4 Å². The van der Waals surface area contributed by atoms with Crippen molar-refractivity contribution in [2.24, 2.45) is 0 Å². The van der Waals surface area contributed by atoms with Gasteiger partial charge in [0.25, 0.3) is 0 Å². The summed E-state index contributed by atoms with van der Waals surface area (Å²) in [6.45, 7) is 5.22. The number of carbonyl (C=O) groups excluding carboxylic acids is 1. The highest BCUT2D eigenvalue weighted by Crippen LogP contribution is 2.34. The van der Waals surface area contributed by atoms with Gasteiger partial charge in [0.05, 0.1) is 5.52 Å². The number of nitrogens with one attached hydrogen (secondary N) is 1. The summed E-state index contributed by atoms with van der Waals surface area (Å²) in [6, 6.07) is 15.2. The third kappa shape index (κ3) is 4.66. The summed E-state index contributed by atoms with van der Waals surface area (Å²) in [5, 5.41) is 13.5. The SMILES string of the molecule is CC(C)(C)OC(=O)NC1(C(=O)O)CCc2ccc(Oc3ccc4ncccc4c3)cc2C1. The average Bonchev–Trinajstić information content (AvgIpc) is 2.72. The Morgan fingerprint density at radius 1 is 1.06 bits per heavy atom. The summed E-state index contributed by atoms with van der Waals surface area (Å²) in [5.41, 5.74) is 0.609. The van der Waals surface area contributed by atoms with E-state index in [0.29, 0.717) is 17.9 Å². The molecule has 1 unspecified atom stereocenters. The molecule has 7 nitrogen and oxygen atoms in total. The predicted octanol–water partition coefficient (Wildman–Crippen LogP) is 4.86. The van der Waals surface area contributed by atoms with Crippen LogP contribution in [0.2, 0.25) is 0 Å². The lowest BCUT2D eigenvalue weighted by Gasteiger charge is -2.35. The quantitative estimate of drug-likeness (QED) is 0.608. The van der Waals surface area contributed by atoms with Crippen LogP contribution in [0.25, 0.3) is 10.9 Å². The second-order valence-electron chi connectivity index (χ2n) is 9.08. The lowest BCUT2D eigenvalue weighted by atomic mass is 9.78. The van der Waals surface area contributed by atoms with Gasteiger partial charge in [-0.15, -0.1) is 0 Å². The van der Waals surface area contributed by atoms with Crippen molar-refractivity contribution < 1.29 is 24.2 Å². The Morgan fingerprint density at radius 3 is 2.56 bits per heavy atom. The minimum atomic E-state index is -1.43. The number of aliphatic carboxylic acids is 1. The summed E-state index contributed by atoms with van der Waals surface area (Å²) >= 11 is 0. The molecule has 0 fully saturated rings. The van der Waals surface area contributed by atoms with Crippen molar-refractivity contribution >= 4 is 23.0 Å². The van der Waals surface area contributed by atoms with Crippen LogP contribution in [0, 0.1) is 0 Å². The minimum absolute atomic E-state index is 0.149. The van der Waals surface area contributed by atoms with Crippen LogP contribution < -0.4 is 10.1 Å². The Kier molecular flexibility index (Phi) is 5.50. The molecule has 0 bridgehead atoms. The molecule has 1 aromatic heterocycles. The fourth-order valence-electron chi connectivity index (χ4n) is 3.93. The fraction of sp³-hybridized carbons (Fsp3) is 0.320. The second-order valence-corrected chi connectivity index (χ2v) is 9.08. The van der Waals surface area contributed by atoms with Gasteiger partial charge in [-0.1, -0.05) is 12.1 Å². The third-order valence-electron chi connectivity index (χ3n) is 5.45. The van der Waals surface area contributed by atoms with Crippen molar-refractivity contribution in [1.82, 2.24) is 10.3 Å². The first-order valence-corrected chi connectivity index (χ1v) is 10.5. The van der Waals surface area contributed by atoms with Crippen LogP contribution in [0.3, 0.4) is 0 Å². The summed E-state index contributed by atoms with van der Waals surface area (Å²) < 4.78 is 11.3. The molecule has 1 aliphatic rings. The molecule has 4 rings (SSSR count). The van der Waals surface area contributed by atoms with Gasteiger partial charge >= 0.3 is 12.1 Å². The number of rotatable bonds is 4. The molecule has 2 N–H and O–H groups in total. The van der Waals surface area contributed by atoms with Gasteiger partial charge in [0.2, 0.25) is 0 Å². The molecule has 7 heteroatoms. The number of ether oxygens (including phenoxy) is 2. The number of carbonyl (C=O) groups is 2. The highest BCUT2D eigenvalue weighted by Gasteiger charge is 2.44. The molecule has 1 heterocycles. The Balaban J connectivity index is 1.57. The first-order valence-electron chi connectivity index (χ1n) is 10.5. The number of aryl methyl sites for hydroxylation is 1. The standard InChI is InChI=1S/C25H26N2O5/c1-24(2,3)32-23(30)27-25(22(28)29)11-10-16-6-7-19(14-18(16)15-25)31-20-8-9-21-17(13-20)5-4-12-26-21/h4-9,12-14H,10-11,15H2,1-3H3,(H,27,30)(H,28,29). The van der Waals surface area contributed by atoms with E-state index in [-0.39, 0.29) is 12.8 Å². The lowest BCUT2D eigenvalue weighted by Crippen LogP contribution is -2.58. The number of carboxylic acid groups (broad SMARTS) is 1. The van der Waals surface area contributed by atoms with Crippen molar-refractivity contribution in [2.45, 2.75) is 51.2 Å². The number of alkyl carbamates (subject to hydrolysis) is 1. The molecule has 0 spiro atoms. The number of hydrogen-bond acceptors (Lipinski definition) is 5. The zero-order valence-electron chi connectivity index (χ0n) is 18.3. The molecule has 166 valence electrons. The number of pyridine rings is 1. The van der Waals surface area contributed by atoms with Gasteiger partial charge in [-0.3, -0.25) is 4.98 Å². The van der Waals surface area contributed by atoms with Gasteiger partial charge in [0.15, 0.2) is 0 Å². The predicted molar refractivity (Wildman–Crippen MR) is 120 cm³/mol. The summed E-state index contributed by atoms with van der Waals surface area (Å²) in [6.07, 6.45) is 1.97. The normalized spacial score (nSPS) is 18.0. The Morgan fingerprint density at radius 2 is 1.81 bits per heavy atom. The molecule has 0 saturated heterocycles. The number of nitrogens with zero attached hydrogens (tertiary/aromatic N) is 1. The zero-order valence-corrected chi connectivity index (χ0v) is 18.3. The smallest absolute Gasteiger partial charge is 0.408 e. The van der Waals surface area contributed by atoms with Crippen LogP contribution in [0.1, 0.15) is 38.3 Å². The summed E-state index contributed by atoms with van der Waals surface area (Å²) in [4.78, 5) is 28.8. The number of hydrogen-bond donors (Lipinski definition) is 2. The number of amides is 1. The maximum Gasteiger partial charge on any atom is 0.408 e. The molecule has 0 aliphatic heterocycles. The summed E-state index contributed by atoms with van der Waals surface area (Å²) in [7, 11) is 0. The molecule has 32 heavy (non-hydrogen) atoms. The van der Waals surface area contributed by atoms with E-state index >= 15 is 0 Å². The molecule has 0 saturated carbocycles. The maximum absolute atomic E-state index is 12.3. The zero-order chi connectivity index (χ0) is 22.9. The van der Waals surface area contributed by atoms with Crippen molar-refractivity contribution in [3.8, 4) is 11.5 Å². The first-order chi connectivity index (χ1) is 15.1. The van der Waals surface area contributed by atoms with Crippen molar-refractivity contribution in [3.63, 3.8) is 0 Å². The molecule has 0 radical (unpaired) electrons. The topological polar surface area (TPSA) is 97.8 Å². The first kappa shape index (κ1) is 21.6. The monoisotopic (exact) mass is 434 g/mol. The molecular formula is C25H26N2O5. The van der Waals surface area contributed by atoms with Crippen LogP contribution in [-0.4, -0.2) is 33.3 Å². The van der Waals surface area contributed by atoms with Gasteiger partial charge in [-0.2, -0.15) is 0 Å². The third-order valence-corrected chi connectivity index (χ3v) is 5.45. The highest BCUT2D eigenvalue weighted by atomic mass is 16.6. The number of aromatic nitrogens is 1. The van der Waals surface area contributed by atoms with Crippen LogP contribution in [0.15, 0.2) is 54.7 Å². The maximum atomic E-state index is 12.3. The highest BCUT2D eigenvalue weighted by molar-refractivity contribution is 5.85. The van der Waals surface area contributed by atoms with Gasteiger partial charge in [0, 0.05) is 18.0 Å². The van der Waals surface area contributed by atoms with Crippen LogP contribution in [0.5, 0.6) is 11.5 Å². The van der Waals surface area contributed by atoms with Gasteiger partial charge in [-0.25, -0.2) is 9.59 Å². The fourth-order valence-corrected chi connectivity index (χ4v) is 3.93. The average molecular weight is 434 g/mol. The lowest BCUT2D eigenvalue weighted by molar-refractivity contribution is -0.145. The van der Waals surface area contributed by atoms with Gasteiger partial charge in [-0.05, 0) is 81.1 Å². The number of fused-ring (bicyclic) bond motifs is 2. The molecule has 2 aromatic carbocycles. The van der Waals surface area contributed by atoms with E-state index in [1.54, 1.807) is 27.0 Å². The van der Waals surface area contributed by atoms with Crippen LogP contribution in [0.4, 0.5) is 4.79 Å². The van der Waals surface area contributed by atoms with E-state index in [1.807, 2.05) is 48.5 Å². The molecular weight excluding hydrogens is 408 g/mol. The van der Waals surface area contributed by atoms with Gasteiger partial charge in [0.1, 0.15) is 22.6 Å². The number of benzene rings is 2. The number of carboxylic acids is 1. The van der Waals surface area contributed by atoms with Gasteiger partial charge < -0.3 is 19.9 Å². The van der Waals surface area contributed by atoms with E-state index in [0.717, 1.165) is 22.0 Å². The van der Waals surface area contributed by atoms with Crippen molar-refractivity contribution in [1.29, 1.82) is 0 Å². The van der Waals surface area contributed by atoms with Crippen LogP contribution >= 0.6 is 0 Å². The van der Waals surface area contributed by atoms with E-state index in [4.69, 9.17) is 9.47 Å². The molecule has 1 atom stereocenters. The molecule has 3 aromatic rings. The van der Waals surface area contributed by atoms with Crippen molar-refractivity contribution in [2.75, 3.05) is 0 Å². The summed E-state index contributed by atoms with van der Waals surface area (Å²) in [5.74, 6) is 0.186.